The van der Waals surface area contributed by atoms with Crippen molar-refractivity contribution in [2.75, 3.05) is 13.6 Å². The van der Waals surface area contributed by atoms with Crippen molar-refractivity contribution in [3.8, 4) is 0 Å². The second kappa shape index (κ2) is 4.13. The van der Waals surface area contributed by atoms with Gasteiger partial charge in [-0.15, -0.1) is 5.10 Å². The molecule has 1 amide bonds. The number of carbonyl (C=O) groups excluding carboxylic acids is 1. The third kappa shape index (κ3) is 2.84. The lowest BCUT2D eigenvalue weighted by atomic mass is 9.96. The van der Waals surface area contributed by atoms with Gasteiger partial charge in [-0.2, -0.15) is 0 Å². The minimum absolute atomic E-state index is 0.0938. The Morgan fingerprint density at radius 1 is 1.47 bits per heavy atom. The largest absolute Gasteiger partial charge is 0.339 e. The number of amides is 1. The smallest absolute Gasteiger partial charge is 0.293 e. The van der Waals surface area contributed by atoms with Crippen LogP contribution in [0.5, 0.6) is 0 Å². The van der Waals surface area contributed by atoms with Crippen LogP contribution >= 0.6 is 0 Å². The van der Waals surface area contributed by atoms with Gasteiger partial charge in [-0.05, 0) is 18.8 Å². The third-order valence-corrected chi connectivity index (χ3v) is 2.96. The average Bonchev–Trinajstić information content (AvgIpc) is 2.89. The van der Waals surface area contributed by atoms with Crippen LogP contribution in [0.4, 0.5) is 0 Å². The van der Waals surface area contributed by atoms with Gasteiger partial charge in [0.2, 0.25) is 5.82 Å². The van der Waals surface area contributed by atoms with E-state index in [1.165, 1.54) is 12.8 Å². The molecule has 0 spiro atoms. The molecule has 0 radical (unpaired) electrons. The predicted molar refractivity (Wildman–Crippen MR) is 64.8 cm³/mol. The first-order chi connectivity index (χ1) is 7.88. The Kier molecular flexibility index (Phi) is 2.93. The highest BCUT2D eigenvalue weighted by atomic mass is 16.2. The van der Waals surface area contributed by atoms with E-state index in [0.717, 1.165) is 12.4 Å². The maximum atomic E-state index is 12.0. The normalized spacial score (nSPS) is 16.0. The van der Waals surface area contributed by atoms with Crippen LogP contribution in [0.3, 0.4) is 0 Å². The van der Waals surface area contributed by atoms with Crippen LogP contribution in [0.15, 0.2) is 0 Å². The fourth-order valence-corrected chi connectivity index (χ4v) is 1.63. The van der Waals surface area contributed by atoms with Crippen molar-refractivity contribution in [1.29, 1.82) is 0 Å². The highest BCUT2D eigenvalue weighted by molar-refractivity contribution is 5.90. The molecule has 1 fully saturated rings. The summed E-state index contributed by atoms with van der Waals surface area (Å²) < 4.78 is 0. The van der Waals surface area contributed by atoms with E-state index in [1.807, 2.05) is 27.8 Å². The molecule has 1 N–H and O–H groups in total. The van der Waals surface area contributed by atoms with E-state index in [9.17, 15) is 4.79 Å². The Bertz CT molecular complexity index is 414. The SMILES string of the molecule is CN(CC1CC1)C(=O)c1n[nH]c(C(C)(C)C)n1. The fraction of sp³-hybridized carbons (Fsp3) is 0.750. The Labute approximate surface area is 102 Å². The van der Waals surface area contributed by atoms with Crippen molar-refractivity contribution in [3.05, 3.63) is 11.6 Å². The second-order valence-electron chi connectivity index (χ2n) is 5.89. The maximum absolute atomic E-state index is 12.0. The van der Waals surface area contributed by atoms with Crippen molar-refractivity contribution < 1.29 is 4.79 Å². The van der Waals surface area contributed by atoms with E-state index in [-0.39, 0.29) is 17.1 Å². The van der Waals surface area contributed by atoms with Crippen LogP contribution in [0.25, 0.3) is 0 Å². The summed E-state index contributed by atoms with van der Waals surface area (Å²) in [7, 11) is 1.81. The first kappa shape index (κ1) is 12.1. The van der Waals surface area contributed by atoms with E-state index in [4.69, 9.17) is 0 Å². The summed E-state index contributed by atoms with van der Waals surface area (Å²) in [6.07, 6.45) is 2.47. The summed E-state index contributed by atoms with van der Waals surface area (Å²) in [4.78, 5) is 18.0. The molecule has 0 atom stereocenters. The fourth-order valence-electron chi connectivity index (χ4n) is 1.63. The zero-order chi connectivity index (χ0) is 12.6. The van der Waals surface area contributed by atoms with Crippen LogP contribution in [0.1, 0.15) is 50.1 Å². The van der Waals surface area contributed by atoms with Crippen LogP contribution in [-0.4, -0.2) is 39.6 Å². The standard InChI is InChI=1S/C12H20N4O/c1-12(2,3)11-13-9(14-15-11)10(17)16(4)7-8-5-6-8/h8H,5-7H2,1-4H3,(H,13,14,15). The number of nitrogens with one attached hydrogen (secondary N) is 1. The first-order valence-electron chi connectivity index (χ1n) is 6.06. The van der Waals surface area contributed by atoms with Crippen molar-refractivity contribution in [2.45, 2.75) is 39.0 Å². The van der Waals surface area contributed by atoms with Crippen LogP contribution in [-0.2, 0) is 5.41 Å². The van der Waals surface area contributed by atoms with E-state index >= 15 is 0 Å². The molecule has 1 aromatic heterocycles. The molecule has 0 unspecified atom stereocenters. The first-order valence-corrected chi connectivity index (χ1v) is 6.06. The number of aromatic amines is 1. The van der Waals surface area contributed by atoms with Crippen LogP contribution in [0.2, 0.25) is 0 Å². The van der Waals surface area contributed by atoms with Gasteiger partial charge in [-0.25, -0.2) is 4.98 Å². The lowest BCUT2D eigenvalue weighted by Crippen LogP contribution is -2.29. The topological polar surface area (TPSA) is 61.9 Å². The molecular formula is C12H20N4O. The highest BCUT2D eigenvalue weighted by Crippen LogP contribution is 2.29. The van der Waals surface area contributed by atoms with Crippen molar-refractivity contribution in [1.82, 2.24) is 20.1 Å². The molecule has 0 aromatic carbocycles. The molecule has 0 bridgehead atoms. The van der Waals surface area contributed by atoms with Crippen molar-refractivity contribution in [2.24, 2.45) is 5.92 Å². The lowest BCUT2D eigenvalue weighted by Gasteiger charge is -2.15. The predicted octanol–water partition coefficient (Wildman–Crippen LogP) is 1.58. The van der Waals surface area contributed by atoms with Gasteiger partial charge < -0.3 is 4.90 Å². The number of carbonyl (C=O) groups is 1. The maximum Gasteiger partial charge on any atom is 0.293 e. The van der Waals surface area contributed by atoms with Crippen LogP contribution in [0, 0.1) is 5.92 Å². The number of aromatic nitrogens is 3. The molecule has 17 heavy (non-hydrogen) atoms. The monoisotopic (exact) mass is 236 g/mol. The van der Waals surface area contributed by atoms with Gasteiger partial charge in [-0.1, -0.05) is 20.8 Å². The minimum Gasteiger partial charge on any atom is -0.339 e. The van der Waals surface area contributed by atoms with E-state index in [0.29, 0.717) is 5.92 Å². The molecule has 1 aliphatic carbocycles. The quantitative estimate of drug-likeness (QED) is 0.866. The molecular weight excluding hydrogens is 216 g/mol. The highest BCUT2D eigenvalue weighted by Gasteiger charge is 2.27. The summed E-state index contributed by atoms with van der Waals surface area (Å²) in [5, 5.41) is 6.85. The second-order valence-corrected chi connectivity index (χ2v) is 5.89. The van der Waals surface area contributed by atoms with Gasteiger partial charge >= 0.3 is 0 Å². The molecule has 2 rings (SSSR count). The molecule has 1 saturated carbocycles. The summed E-state index contributed by atoms with van der Waals surface area (Å²) in [5.41, 5.74) is -0.111. The number of rotatable bonds is 3. The lowest BCUT2D eigenvalue weighted by molar-refractivity contribution is 0.0777. The van der Waals surface area contributed by atoms with Gasteiger partial charge in [0.25, 0.3) is 5.91 Å². The van der Waals surface area contributed by atoms with Gasteiger partial charge in [0, 0.05) is 19.0 Å². The molecule has 0 aliphatic heterocycles. The number of H-pyrrole nitrogens is 1. The summed E-state index contributed by atoms with van der Waals surface area (Å²) in [6, 6.07) is 0. The van der Waals surface area contributed by atoms with Crippen molar-refractivity contribution >= 4 is 5.91 Å². The van der Waals surface area contributed by atoms with E-state index < -0.39 is 0 Å². The summed E-state index contributed by atoms with van der Waals surface area (Å²) in [5.74, 6) is 1.62. The third-order valence-electron chi connectivity index (χ3n) is 2.96. The van der Waals surface area contributed by atoms with Gasteiger partial charge in [0.15, 0.2) is 0 Å². The molecule has 5 heteroatoms. The Morgan fingerprint density at radius 2 is 2.12 bits per heavy atom. The summed E-state index contributed by atoms with van der Waals surface area (Å²) >= 11 is 0. The number of hydrogen-bond acceptors (Lipinski definition) is 3. The zero-order valence-electron chi connectivity index (χ0n) is 10.9. The molecule has 1 aliphatic rings. The molecule has 94 valence electrons. The van der Waals surface area contributed by atoms with Crippen molar-refractivity contribution in [3.63, 3.8) is 0 Å². The minimum atomic E-state index is -0.111. The Balaban J connectivity index is 2.05. The molecule has 1 heterocycles. The van der Waals surface area contributed by atoms with Gasteiger partial charge in [0.05, 0.1) is 0 Å². The summed E-state index contributed by atoms with van der Waals surface area (Å²) in [6.45, 7) is 6.93. The zero-order valence-corrected chi connectivity index (χ0v) is 10.9. The Hall–Kier alpha value is -1.39. The van der Waals surface area contributed by atoms with E-state index in [2.05, 4.69) is 15.2 Å². The van der Waals surface area contributed by atoms with E-state index in [1.54, 1.807) is 4.90 Å². The molecule has 1 aromatic rings. The molecule has 5 nitrogen and oxygen atoms in total. The van der Waals surface area contributed by atoms with Crippen LogP contribution < -0.4 is 0 Å². The molecule has 0 saturated heterocycles. The average molecular weight is 236 g/mol. The Morgan fingerprint density at radius 3 is 2.59 bits per heavy atom. The van der Waals surface area contributed by atoms with Gasteiger partial charge in [-0.3, -0.25) is 9.89 Å². The number of hydrogen-bond donors (Lipinski definition) is 1. The van der Waals surface area contributed by atoms with Gasteiger partial charge in [0.1, 0.15) is 5.82 Å². The number of nitrogens with zero attached hydrogens (tertiary/aromatic N) is 3.